The van der Waals surface area contributed by atoms with Crippen LogP contribution in [0.15, 0.2) is 72.8 Å². The molecule has 5 nitrogen and oxygen atoms in total. The number of anilines is 1. The second-order valence-corrected chi connectivity index (χ2v) is 8.23. The van der Waals surface area contributed by atoms with E-state index in [0.29, 0.717) is 12.1 Å². The Morgan fingerprint density at radius 3 is 2.38 bits per heavy atom. The van der Waals surface area contributed by atoms with Crippen LogP contribution in [0.1, 0.15) is 34.2 Å². The molecule has 1 amide bonds. The zero-order valence-corrected chi connectivity index (χ0v) is 18.6. The Balaban J connectivity index is 1.37. The van der Waals surface area contributed by atoms with Gasteiger partial charge >= 0.3 is 0 Å². The van der Waals surface area contributed by atoms with E-state index in [0.717, 1.165) is 34.6 Å². The molecule has 0 saturated heterocycles. The number of hydrogen-bond acceptors (Lipinski definition) is 2. The van der Waals surface area contributed by atoms with Gasteiger partial charge in [-0.15, -0.1) is 0 Å². The van der Waals surface area contributed by atoms with Crippen LogP contribution >= 0.6 is 0 Å². The third kappa shape index (κ3) is 3.56. The van der Waals surface area contributed by atoms with E-state index in [2.05, 4.69) is 71.3 Å². The van der Waals surface area contributed by atoms with Gasteiger partial charge in [0.05, 0.1) is 12.2 Å². The Kier molecular flexibility index (Phi) is 5.02. The van der Waals surface area contributed by atoms with Crippen molar-refractivity contribution in [2.75, 3.05) is 5.32 Å². The fraction of sp³-hybridized carbons (Fsp3) is 0.185. The summed E-state index contributed by atoms with van der Waals surface area (Å²) in [6.07, 6.45) is 0. The van der Waals surface area contributed by atoms with Gasteiger partial charge in [-0.2, -0.15) is 5.10 Å². The SMILES string of the molecule is CCn1c2ccccc2c2cc(NC(=O)c3ccc(Cn4nc(C)cc4C)cc3)ccc21. The van der Waals surface area contributed by atoms with Crippen LogP contribution in [0.4, 0.5) is 5.69 Å². The lowest BCUT2D eigenvalue weighted by Crippen LogP contribution is -2.12. The molecule has 0 saturated carbocycles. The smallest absolute Gasteiger partial charge is 0.255 e. The van der Waals surface area contributed by atoms with Crippen molar-refractivity contribution in [3.05, 3.63) is 95.3 Å². The highest BCUT2D eigenvalue weighted by molar-refractivity contribution is 6.11. The molecule has 0 aliphatic heterocycles. The van der Waals surface area contributed by atoms with Crippen LogP contribution in [0.2, 0.25) is 0 Å². The summed E-state index contributed by atoms with van der Waals surface area (Å²) in [5.74, 6) is -0.110. The van der Waals surface area contributed by atoms with Crippen molar-refractivity contribution in [3.8, 4) is 0 Å². The number of aromatic nitrogens is 3. The topological polar surface area (TPSA) is 51.9 Å². The molecule has 1 N–H and O–H groups in total. The molecule has 32 heavy (non-hydrogen) atoms. The Labute approximate surface area is 187 Å². The van der Waals surface area contributed by atoms with Crippen LogP contribution in [0.5, 0.6) is 0 Å². The number of hydrogen-bond donors (Lipinski definition) is 1. The molecule has 0 bridgehead atoms. The average molecular weight is 423 g/mol. The first-order valence-electron chi connectivity index (χ1n) is 11.0. The maximum Gasteiger partial charge on any atom is 0.255 e. The van der Waals surface area contributed by atoms with E-state index in [1.54, 1.807) is 0 Å². The van der Waals surface area contributed by atoms with Crippen LogP contribution in [0, 0.1) is 13.8 Å². The molecular weight excluding hydrogens is 396 g/mol. The summed E-state index contributed by atoms with van der Waals surface area (Å²) < 4.78 is 4.28. The normalized spacial score (nSPS) is 11.3. The summed E-state index contributed by atoms with van der Waals surface area (Å²) in [5.41, 5.74) is 7.08. The van der Waals surface area contributed by atoms with Crippen molar-refractivity contribution in [2.45, 2.75) is 33.9 Å². The third-order valence-corrected chi connectivity index (χ3v) is 6.00. The molecule has 3 aromatic carbocycles. The number of fused-ring (bicyclic) bond motifs is 3. The van der Waals surface area contributed by atoms with Crippen LogP contribution in [0.25, 0.3) is 21.8 Å². The van der Waals surface area contributed by atoms with E-state index < -0.39 is 0 Å². The molecule has 2 aromatic heterocycles. The first-order valence-corrected chi connectivity index (χ1v) is 11.0. The van der Waals surface area contributed by atoms with Crippen molar-refractivity contribution in [1.29, 1.82) is 0 Å². The number of nitrogens with zero attached hydrogens (tertiary/aromatic N) is 3. The first kappa shape index (κ1) is 20.1. The molecule has 5 aromatic rings. The van der Waals surface area contributed by atoms with Crippen molar-refractivity contribution >= 4 is 33.4 Å². The standard InChI is InChI=1S/C27H26N4O/c1-4-30-25-8-6-5-7-23(25)24-16-22(13-14-26(24)30)28-27(32)21-11-9-20(10-12-21)17-31-19(3)15-18(2)29-31/h5-16H,4,17H2,1-3H3,(H,28,32). The second-order valence-electron chi connectivity index (χ2n) is 8.23. The molecule has 0 aliphatic rings. The van der Waals surface area contributed by atoms with E-state index >= 15 is 0 Å². The Hall–Kier alpha value is -3.86. The molecule has 0 radical (unpaired) electrons. The number of rotatable bonds is 5. The highest BCUT2D eigenvalue weighted by atomic mass is 16.1. The maximum atomic E-state index is 12.9. The number of amides is 1. The molecule has 0 spiro atoms. The zero-order valence-electron chi connectivity index (χ0n) is 18.6. The highest BCUT2D eigenvalue weighted by Gasteiger charge is 2.12. The van der Waals surface area contributed by atoms with Gasteiger partial charge in [0.1, 0.15) is 0 Å². The van der Waals surface area contributed by atoms with E-state index in [-0.39, 0.29) is 5.91 Å². The van der Waals surface area contributed by atoms with E-state index in [9.17, 15) is 4.79 Å². The zero-order chi connectivity index (χ0) is 22.2. The Morgan fingerprint density at radius 2 is 1.66 bits per heavy atom. The van der Waals surface area contributed by atoms with Gasteiger partial charge < -0.3 is 9.88 Å². The minimum absolute atomic E-state index is 0.110. The van der Waals surface area contributed by atoms with E-state index in [1.165, 1.54) is 16.4 Å². The summed E-state index contributed by atoms with van der Waals surface area (Å²) in [6, 6.07) is 24.3. The van der Waals surface area contributed by atoms with Crippen LogP contribution in [0.3, 0.4) is 0 Å². The summed E-state index contributed by atoms with van der Waals surface area (Å²) in [4.78, 5) is 12.9. The number of benzene rings is 3. The number of nitrogens with one attached hydrogen (secondary N) is 1. The molecule has 2 heterocycles. The predicted molar refractivity (Wildman–Crippen MR) is 130 cm³/mol. The van der Waals surface area contributed by atoms with E-state index in [1.807, 2.05) is 41.9 Å². The minimum atomic E-state index is -0.110. The molecule has 0 aliphatic carbocycles. The van der Waals surface area contributed by atoms with Gasteiger partial charge in [0.25, 0.3) is 5.91 Å². The van der Waals surface area contributed by atoms with Crippen molar-refractivity contribution in [2.24, 2.45) is 0 Å². The summed E-state index contributed by atoms with van der Waals surface area (Å²) >= 11 is 0. The predicted octanol–water partition coefficient (Wildman–Crippen LogP) is 5.93. The fourth-order valence-corrected chi connectivity index (χ4v) is 4.44. The first-order chi connectivity index (χ1) is 15.5. The molecule has 5 rings (SSSR count). The summed E-state index contributed by atoms with van der Waals surface area (Å²) in [6.45, 7) is 7.80. The highest BCUT2D eigenvalue weighted by Crippen LogP contribution is 2.31. The quantitative estimate of drug-likeness (QED) is 0.382. The number of aryl methyl sites for hydroxylation is 3. The van der Waals surface area contributed by atoms with Gasteiger partial charge in [0, 0.05) is 45.3 Å². The second kappa shape index (κ2) is 8.00. The van der Waals surface area contributed by atoms with Crippen LogP contribution in [-0.4, -0.2) is 20.3 Å². The van der Waals surface area contributed by atoms with Gasteiger partial charge in [-0.1, -0.05) is 30.3 Å². The average Bonchev–Trinajstić information content (AvgIpc) is 3.29. The lowest BCUT2D eigenvalue weighted by atomic mass is 10.1. The molecule has 0 unspecified atom stereocenters. The molecule has 0 fully saturated rings. The van der Waals surface area contributed by atoms with Gasteiger partial charge in [-0.25, -0.2) is 0 Å². The van der Waals surface area contributed by atoms with Gasteiger partial charge in [-0.05, 0) is 68.8 Å². The van der Waals surface area contributed by atoms with Crippen molar-refractivity contribution in [3.63, 3.8) is 0 Å². The van der Waals surface area contributed by atoms with Gasteiger partial charge in [-0.3, -0.25) is 9.48 Å². The van der Waals surface area contributed by atoms with Gasteiger partial charge in [0.15, 0.2) is 0 Å². The number of carbonyl (C=O) groups excluding carboxylic acids is 1. The Bertz CT molecular complexity index is 1440. The summed E-state index contributed by atoms with van der Waals surface area (Å²) in [7, 11) is 0. The number of para-hydroxylation sites is 1. The minimum Gasteiger partial charge on any atom is -0.341 e. The largest absolute Gasteiger partial charge is 0.341 e. The Morgan fingerprint density at radius 1 is 0.906 bits per heavy atom. The lowest BCUT2D eigenvalue weighted by Gasteiger charge is -2.08. The van der Waals surface area contributed by atoms with Crippen LogP contribution in [-0.2, 0) is 13.1 Å². The van der Waals surface area contributed by atoms with Gasteiger partial charge in [0.2, 0.25) is 0 Å². The molecule has 5 heteroatoms. The van der Waals surface area contributed by atoms with Crippen molar-refractivity contribution in [1.82, 2.24) is 14.3 Å². The summed E-state index contributed by atoms with van der Waals surface area (Å²) in [5, 5.41) is 9.92. The molecular formula is C27H26N4O. The fourth-order valence-electron chi connectivity index (χ4n) is 4.44. The monoisotopic (exact) mass is 422 g/mol. The van der Waals surface area contributed by atoms with Crippen molar-refractivity contribution < 1.29 is 4.79 Å². The lowest BCUT2D eigenvalue weighted by molar-refractivity contribution is 0.102. The molecule has 0 atom stereocenters. The third-order valence-electron chi connectivity index (χ3n) is 6.00. The number of carbonyl (C=O) groups is 1. The molecule has 160 valence electrons. The van der Waals surface area contributed by atoms with E-state index in [4.69, 9.17) is 0 Å². The van der Waals surface area contributed by atoms with Crippen LogP contribution < -0.4 is 5.32 Å². The maximum absolute atomic E-state index is 12.9.